The Morgan fingerprint density at radius 1 is 1.09 bits per heavy atom. The third kappa shape index (κ3) is 2.26. The predicted molar refractivity (Wildman–Crippen MR) is 89.1 cm³/mol. The second kappa shape index (κ2) is 5.03. The average molecular weight is 325 g/mol. The van der Waals surface area contributed by atoms with E-state index in [9.17, 15) is 8.42 Å². The van der Waals surface area contributed by atoms with Gasteiger partial charge >= 0.3 is 0 Å². The standard InChI is InChI=1S/C17H15N3O2S/c1-11-5-4-7-13-16(11)18-10-19-17(13)20-14-9-23(21,22)15-8-3-2-6-12(14)15/h2-8,10,14H,9H2,1H3,(H,18,19,20)/t14-/m1/s1. The third-order valence-electron chi connectivity index (χ3n) is 4.19. The normalized spacial score (nSPS) is 18.7. The van der Waals surface area contributed by atoms with E-state index in [0.717, 1.165) is 22.0 Å². The molecule has 0 amide bonds. The van der Waals surface area contributed by atoms with Crippen molar-refractivity contribution in [2.75, 3.05) is 11.1 Å². The summed E-state index contributed by atoms with van der Waals surface area (Å²) in [5.74, 6) is 0.708. The maximum absolute atomic E-state index is 12.3. The summed E-state index contributed by atoms with van der Waals surface area (Å²) < 4.78 is 24.6. The second-order valence-corrected chi connectivity index (χ2v) is 7.71. The van der Waals surface area contributed by atoms with Crippen molar-refractivity contribution >= 4 is 26.6 Å². The minimum atomic E-state index is -3.24. The highest BCUT2D eigenvalue weighted by atomic mass is 32.2. The van der Waals surface area contributed by atoms with E-state index >= 15 is 0 Å². The fraction of sp³-hybridized carbons (Fsp3) is 0.176. The predicted octanol–water partition coefficient (Wildman–Crippen LogP) is 2.88. The molecule has 5 nitrogen and oxygen atoms in total. The van der Waals surface area contributed by atoms with E-state index in [1.807, 2.05) is 37.3 Å². The van der Waals surface area contributed by atoms with E-state index < -0.39 is 9.84 Å². The summed E-state index contributed by atoms with van der Waals surface area (Å²) in [4.78, 5) is 9.04. The lowest BCUT2D eigenvalue weighted by Crippen LogP contribution is -2.14. The summed E-state index contributed by atoms with van der Waals surface area (Å²) in [6.45, 7) is 1.99. The molecule has 116 valence electrons. The van der Waals surface area contributed by atoms with E-state index in [-0.39, 0.29) is 11.8 Å². The van der Waals surface area contributed by atoms with Gasteiger partial charge in [-0.05, 0) is 30.2 Å². The molecule has 0 saturated heterocycles. The van der Waals surface area contributed by atoms with Crippen LogP contribution in [0.15, 0.2) is 53.7 Å². The molecular formula is C17H15N3O2S. The molecule has 1 N–H and O–H groups in total. The summed E-state index contributed by atoms with van der Waals surface area (Å²) >= 11 is 0. The number of hydrogen-bond acceptors (Lipinski definition) is 5. The van der Waals surface area contributed by atoms with Crippen LogP contribution in [0.4, 0.5) is 5.82 Å². The Labute approximate surface area is 134 Å². The van der Waals surface area contributed by atoms with Gasteiger partial charge in [-0.1, -0.05) is 30.3 Å². The molecule has 0 aliphatic carbocycles. The van der Waals surface area contributed by atoms with Crippen LogP contribution in [0, 0.1) is 6.92 Å². The maximum Gasteiger partial charge on any atom is 0.181 e. The Hall–Kier alpha value is -2.47. The first-order valence-electron chi connectivity index (χ1n) is 7.35. The van der Waals surface area contributed by atoms with Crippen LogP contribution >= 0.6 is 0 Å². The van der Waals surface area contributed by atoms with Crippen LogP contribution in [-0.2, 0) is 9.84 Å². The number of hydrogen-bond donors (Lipinski definition) is 1. The molecule has 2 aromatic carbocycles. The highest BCUT2D eigenvalue weighted by molar-refractivity contribution is 7.91. The Balaban J connectivity index is 1.80. The minimum Gasteiger partial charge on any atom is -0.362 e. The number of para-hydroxylation sites is 1. The number of nitrogens with zero attached hydrogens (tertiary/aromatic N) is 2. The second-order valence-electron chi connectivity index (χ2n) is 5.71. The molecule has 1 aliphatic heterocycles. The van der Waals surface area contributed by atoms with Gasteiger partial charge < -0.3 is 5.32 Å². The smallest absolute Gasteiger partial charge is 0.181 e. The number of sulfone groups is 1. The largest absolute Gasteiger partial charge is 0.362 e. The number of aryl methyl sites for hydroxylation is 1. The van der Waals surface area contributed by atoms with Crippen LogP contribution in [0.1, 0.15) is 17.2 Å². The number of anilines is 1. The number of nitrogens with one attached hydrogen (secondary N) is 1. The van der Waals surface area contributed by atoms with Gasteiger partial charge in [-0.15, -0.1) is 0 Å². The van der Waals surface area contributed by atoms with Crippen molar-refractivity contribution in [3.8, 4) is 0 Å². The molecule has 4 rings (SSSR count). The molecule has 23 heavy (non-hydrogen) atoms. The molecule has 1 aliphatic rings. The highest BCUT2D eigenvalue weighted by Crippen LogP contribution is 2.36. The fourth-order valence-corrected chi connectivity index (χ4v) is 4.82. The zero-order valence-corrected chi connectivity index (χ0v) is 13.3. The molecule has 1 atom stereocenters. The van der Waals surface area contributed by atoms with Crippen LogP contribution in [0.25, 0.3) is 10.9 Å². The number of aromatic nitrogens is 2. The summed E-state index contributed by atoms with van der Waals surface area (Å²) in [6.07, 6.45) is 1.51. The van der Waals surface area contributed by atoms with Crippen molar-refractivity contribution in [1.29, 1.82) is 0 Å². The van der Waals surface area contributed by atoms with Gasteiger partial charge in [0.2, 0.25) is 0 Å². The van der Waals surface area contributed by atoms with E-state index in [2.05, 4.69) is 15.3 Å². The van der Waals surface area contributed by atoms with Crippen molar-refractivity contribution in [1.82, 2.24) is 9.97 Å². The number of benzene rings is 2. The molecule has 2 heterocycles. The Morgan fingerprint density at radius 2 is 1.91 bits per heavy atom. The zero-order valence-electron chi connectivity index (χ0n) is 12.5. The molecule has 0 radical (unpaired) electrons. The number of fused-ring (bicyclic) bond motifs is 2. The highest BCUT2D eigenvalue weighted by Gasteiger charge is 2.34. The van der Waals surface area contributed by atoms with E-state index in [1.54, 1.807) is 12.1 Å². The van der Waals surface area contributed by atoms with Gasteiger partial charge in [-0.2, -0.15) is 0 Å². The molecule has 0 saturated carbocycles. The van der Waals surface area contributed by atoms with Gasteiger partial charge in [0.15, 0.2) is 9.84 Å². The fourth-order valence-electron chi connectivity index (χ4n) is 3.09. The van der Waals surface area contributed by atoms with Crippen LogP contribution in [0.2, 0.25) is 0 Å². The third-order valence-corrected chi connectivity index (χ3v) is 6.01. The SMILES string of the molecule is Cc1cccc2c(N[C@@H]3CS(=O)(=O)c4ccccc43)ncnc12. The number of rotatable bonds is 2. The molecule has 0 spiro atoms. The quantitative estimate of drug-likeness (QED) is 0.784. The van der Waals surface area contributed by atoms with Crippen molar-refractivity contribution in [3.05, 3.63) is 59.9 Å². The van der Waals surface area contributed by atoms with Gasteiger partial charge in [0.05, 0.1) is 22.2 Å². The lowest BCUT2D eigenvalue weighted by atomic mass is 10.1. The minimum absolute atomic E-state index is 0.0453. The van der Waals surface area contributed by atoms with E-state index in [0.29, 0.717) is 10.7 Å². The van der Waals surface area contributed by atoms with Crippen LogP contribution in [0.3, 0.4) is 0 Å². The Bertz CT molecular complexity index is 1020. The molecule has 3 aromatic rings. The van der Waals surface area contributed by atoms with Crippen LogP contribution < -0.4 is 5.32 Å². The van der Waals surface area contributed by atoms with E-state index in [4.69, 9.17) is 0 Å². The summed E-state index contributed by atoms with van der Waals surface area (Å²) in [7, 11) is -3.24. The first kappa shape index (κ1) is 14.1. The van der Waals surface area contributed by atoms with Crippen molar-refractivity contribution in [3.63, 3.8) is 0 Å². The summed E-state index contributed by atoms with van der Waals surface area (Å²) in [5.41, 5.74) is 2.73. The molecule has 0 bridgehead atoms. The van der Waals surface area contributed by atoms with Crippen LogP contribution in [-0.4, -0.2) is 24.1 Å². The van der Waals surface area contributed by atoms with Gasteiger partial charge in [-0.25, -0.2) is 18.4 Å². The lowest BCUT2D eigenvalue weighted by molar-refractivity contribution is 0.598. The van der Waals surface area contributed by atoms with Crippen molar-refractivity contribution in [2.45, 2.75) is 17.9 Å². The zero-order chi connectivity index (χ0) is 16.0. The molecule has 6 heteroatoms. The van der Waals surface area contributed by atoms with E-state index in [1.165, 1.54) is 6.33 Å². The monoisotopic (exact) mass is 325 g/mol. The Kier molecular flexibility index (Phi) is 3.09. The lowest BCUT2D eigenvalue weighted by Gasteiger charge is -2.15. The molecule has 0 unspecified atom stereocenters. The molecular weight excluding hydrogens is 310 g/mol. The first-order valence-corrected chi connectivity index (χ1v) is 9.00. The van der Waals surface area contributed by atoms with Gasteiger partial charge in [0.25, 0.3) is 0 Å². The maximum atomic E-state index is 12.3. The van der Waals surface area contributed by atoms with Crippen molar-refractivity contribution in [2.24, 2.45) is 0 Å². The van der Waals surface area contributed by atoms with Crippen molar-refractivity contribution < 1.29 is 8.42 Å². The first-order chi connectivity index (χ1) is 11.1. The summed E-state index contributed by atoms with van der Waals surface area (Å²) in [6, 6.07) is 12.7. The summed E-state index contributed by atoms with van der Waals surface area (Å²) in [5, 5.41) is 4.19. The topological polar surface area (TPSA) is 72.0 Å². The van der Waals surface area contributed by atoms with Crippen LogP contribution in [0.5, 0.6) is 0 Å². The molecule has 0 fully saturated rings. The Morgan fingerprint density at radius 3 is 2.78 bits per heavy atom. The van der Waals surface area contributed by atoms with Gasteiger partial charge in [-0.3, -0.25) is 0 Å². The van der Waals surface area contributed by atoms with Gasteiger partial charge in [0, 0.05) is 5.39 Å². The van der Waals surface area contributed by atoms with Gasteiger partial charge in [0.1, 0.15) is 12.1 Å². The molecule has 1 aromatic heterocycles. The average Bonchev–Trinajstić information content (AvgIpc) is 2.80.